The van der Waals surface area contributed by atoms with Crippen LogP contribution in [-0.2, 0) is 9.59 Å². The molecule has 1 heterocycles. The Labute approximate surface area is 170 Å². The largest absolute Gasteiger partial charge is 0.494 e. The Morgan fingerprint density at radius 1 is 1.17 bits per heavy atom. The predicted molar refractivity (Wildman–Crippen MR) is 111 cm³/mol. The van der Waals surface area contributed by atoms with Gasteiger partial charge >= 0.3 is 0 Å². The van der Waals surface area contributed by atoms with Crippen LogP contribution in [0.5, 0.6) is 5.75 Å². The molecular formula is C23H24N2O4. The fraction of sp³-hybridized carbons (Fsp3) is 0.261. The SMILES string of the molecule is C=CCN(C(=O)c1ccc(C)cc1)C1CC(=O)N(c2ccc(OCC)cc2)C1=O. The summed E-state index contributed by atoms with van der Waals surface area (Å²) < 4.78 is 5.40. The normalized spacial score (nSPS) is 16.1. The van der Waals surface area contributed by atoms with Crippen molar-refractivity contribution in [3.63, 3.8) is 0 Å². The summed E-state index contributed by atoms with van der Waals surface area (Å²) in [5.41, 5.74) is 1.97. The highest BCUT2D eigenvalue weighted by Crippen LogP contribution is 2.28. The lowest BCUT2D eigenvalue weighted by Crippen LogP contribution is -2.45. The van der Waals surface area contributed by atoms with Crippen molar-refractivity contribution in [1.29, 1.82) is 0 Å². The predicted octanol–water partition coefficient (Wildman–Crippen LogP) is 3.35. The van der Waals surface area contributed by atoms with Crippen LogP contribution < -0.4 is 9.64 Å². The second-order valence-electron chi connectivity index (χ2n) is 6.83. The molecule has 0 N–H and O–H groups in total. The molecule has 1 unspecified atom stereocenters. The second-order valence-corrected chi connectivity index (χ2v) is 6.83. The van der Waals surface area contributed by atoms with Crippen LogP contribution >= 0.6 is 0 Å². The highest BCUT2D eigenvalue weighted by atomic mass is 16.5. The van der Waals surface area contributed by atoms with Crippen molar-refractivity contribution < 1.29 is 19.1 Å². The van der Waals surface area contributed by atoms with E-state index in [-0.39, 0.29) is 24.8 Å². The number of aryl methyl sites for hydroxylation is 1. The van der Waals surface area contributed by atoms with E-state index in [1.807, 2.05) is 26.0 Å². The first-order valence-corrected chi connectivity index (χ1v) is 9.54. The third-order valence-corrected chi connectivity index (χ3v) is 4.79. The van der Waals surface area contributed by atoms with Crippen LogP contribution in [0.3, 0.4) is 0 Å². The molecule has 3 rings (SSSR count). The number of ether oxygens (including phenoxy) is 1. The molecule has 29 heavy (non-hydrogen) atoms. The average Bonchev–Trinajstić information content (AvgIpc) is 3.01. The topological polar surface area (TPSA) is 66.9 Å². The molecule has 0 aliphatic carbocycles. The van der Waals surface area contributed by atoms with Crippen molar-refractivity contribution in [2.24, 2.45) is 0 Å². The molecule has 0 bridgehead atoms. The van der Waals surface area contributed by atoms with Crippen molar-refractivity contribution in [1.82, 2.24) is 4.90 Å². The number of carbonyl (C=O) groups excluding carboxylic acids is 3. The number of carbonyl (C=O) groups is 3. The second kappa shape index (κ2) is 8.73. The molecule has 150 valence electrons. The Morgan fingerprint density at radius 2 is 1.83 bits per heavy atom. The maximum Gasteiger partial charge on any atom is 0.257 e. The van der Waals surface area contributed by atoms with Gasteiger partial charge in [-0.1, -0.05) is 23.8 Å². The Morgan fingerprint density at radius 3 is 2.41 bits per heavy atom. The van der Waals surface area contributed by atoms with Crippen molar-refractivity contribution in [2.45, 2.75) is 26.3 Å². The molecule has 1 saturated heterocycles. The summed E-state index contributed by atoms with van der Waals surface area (Å²) in [6, 6.07) is 13.0. The monoisotopic (exact) mass is 392 g/mol. The molecular weight excluding hydrogens is 368 g/mol. The summed E-state index contributed by atoms with van der Waals surface area (Å²) in [5, 5.41) is 0. The van der Waals surface area contributed by atoms with E-state index in [9.17, 15) is 14.4 Å². The molecule has 6 nitrogen and oxygen atoms in total. The highest BCUT2D eigenvalue weighted by Gasteiger charge is 2.44. The number of hydrogen-bond donors (Lipinski definition) is 0. The van der Waals surface area contributed by atoms with E-state index in [1.165, 1.54) is 4.90 Å². The third-order valence-electron chi connectivity index (χ3n) is 4.79. The molecule has 2 aromatic carbocycles. The number of benzene rings is 2. The Balaban J connectivity index is 1.85. The summed E-state index contributed by atoms with van der Waals surface area (Å²) >= 11 is 0. The summed E-state index contributed by atoms with van der Waals surface area (Å²) in [7, 11) is 0. The zero-order valence-corrected chi connectivity index (χ0v) is 16.6. The molecule has 1 fully saturated rings. The minimum absolute atomic E-state index is 0.0580. The summed E-state index contributed by atoms with van der Waals surface area (Å²) in [6.45, 7) is 8.21. The highest BCUT2D eigenvalue weighted by molar-refractivity contribution is 6.23. The lowest BCUT2D eigenvalue weighted by Gasteiger charge is -2.26. The van der Waals surface area contributed by atoms with E-state index in [2.05, 4.69) is 6.58 Å². The molecule has 1 aliphatic rings. The smallest absolute Gasteiger partial charge is 0.257 e. The van der Waals surface area contributed by atoms with E-state index < -0.39 is 11.9 Å². The van der Waals surface area contributed by atoms with Crippen LogP contribution in [0.15, 0.2) is 61.2 Å². The van der Waals surface area contributed by atoms with Crippen LogP contribution in [0.1, 0.15) is 29.3 Å². The van der Waals surface area contributed by atoms with E-state index in [4.69, 9.17) is 4.74 Å². The summed E-state index contributed by atoms with van der Waals surface area (Å²) in [4.78, 5) is 41.3. The molecule has 3 amide bonds. The van der Waals surface area contributed by atoms with Gasteiger partial charge in [0, 0.05) is 12.1 Å². The molecule has 0 saturated carbocycles. The van der Waals surface area contributed by atoms with Crippen LogP contribution in [0.2, 0.25) is 0 Å². The minimum atomic E-state index is -0.860. The number of nitrogens with zero attached hydrogens (tertiary/aromatic N) is 2. The van der Waals surface area contributed by atoms with Gasteiger partial charge in [0.25, 0.3) is 11.8 Å². The van der Waals surface area contributed by atoms with E-state index in [0.29, 0.717) is 23.6 Å². The van der Waals surface area contributed by atoms with E-state index in [1.54, 1.807) is 42.5 Å². The molecule has 0 spiro atoms. The van der Waals surface area contributed by atoms with Gasteiger partial charge in [0.05, 0.1) is 18.7 Å². The van der Waals surface area contributed by atoms with E-state index >= 15 is 0 Å². The first-order valence-electron chi connectivity index (χ1n) is 9.54. The molecule has 6 heteroatoms. The van der Waals surface area contributed by atoms with Crippen LogP contribution in [0.4, 0.5) is 5.69 Å². The van der Waals surface area contributed by atoms with Crippen molar-refractivity contribution >= 4 is 23.4 Å². The Bertz CT molecular complexity index is 919. The summed E-state index contributed by atoms with van der Waals surface area (Å²) in [6.07, 6.45) is 1.50. The maximum atomic E-state index is 13.1. The van der Waals surface area contributed by atoms with Gasteiger partial charge in [-0.25, -0.2) is 4.90 Å². The van der Waals surface area contributed by atoms with Crippen LogP contribution in [-0.4, -0.2) is 41.8 Å². The van der Waals surface area contributed by atoms with E-state index in [0.717, 1.165) is 10.5 Å². The van der Waals surface area contributed by atoms with Gasteiger partial charge in [-0.15, -0.1) is 6.58 Å². The third kappa shape index (κ3) is 4.21. The molecule has 1 atom stereocenters. The Kier molecular flexibility index (Phi) is 6.12. The van der Waals surface area contributed by atoms with Gasteiger partial charge in [0.2, 0.25) is 5.91 Å². The van der Waals surface area contributed by atoms with Crippen LogP contribution in [0.25, 0.3) is 0 Å². The van der Waals surface area contributed by atoms with Crippen molar-refractivity contribution in [3.8, 4) is 5.75 Å². The van der Waals surface area contributed by atoms with Gasteiger partial charge in [-0.05, 0) is 50.2 Å². The zero-order chi connectivity index (χ0) is 21.0. The zero-order valence-electron chi connectivity index (χ0n) is 16.6. The number of hydrogen-bond acceptors (Lipinski definition) is 4. The van der Waals surface area contributed by atoms with Crippen molar-refractivity contribution in [2.75, 3.05) is 18.1 Å². The lowest BCUT2D eigenvalue weighted by atomic mass is 10.1. The fourth-order valence-electron chi connectivity index (χ4n) is 3.34. The number of amides is 3. The molecule has 2 aromatic rings. The molecule has 0 aromatic heterocycles. The van der Waals surface area contributed by atoms with Crippen molar-refractivity contribution in [3.05, 3.63) is 72.3 Å². The maximum absolute atomic E-state index is 13.1. The van der Waals surface area contributed by atoms with Gasteiger partial charge in [0.15, 0.2) is 0 Å². The number of imide groups is 1. The molecule has 0 radical (unpaired) electrons. The minimum Gasteiger partial charge on any atom is -0.494 e. The average molecular weight is 392 g/mol. The Hall–Kier alpha value is -3.41. The first-order chi connectivity index (χ1) is 14.0. The quantitative estimate of drug-likeness (QED) is 0.535. The standard InChI is InChI=1S/C23H24N2O4/c1-4-14-24(22(27)17-8-6-16(3)7-9-17)20-15-21(26)25(23(20)28)18-10-12-19(13-11-18)29-5-2/h4,6-13,20H,1,5,14-15H2,2-3H3. The lowest BCUT2D eigenvalue weighted by molar-refractivity contribution is -0.122. The van der Waals surface area contributed by atoms with Gasteiger partial charge in [-0.2, -0.15) is 0 Å². The van der Waals surface area contributed by atoms with Gasteiger partial charge in [-0.3, -0.25) is 14.4 Å². The summed E-state index contributed by atoms with van der Waals surface area (Å²) in [5.74, 6) is -0.393. The molecule has 1 aliphatic heterocycles. The number of rotatable bonds is 7. The van der Waals surface area contributed by atoms with Crippen LogP contribution in [0, 0.1) is 6.92 Å². The van der Waals surface area contributed by atoms with Gasteiger partial charge in [0.1, 0.15) is 11.8 Å². The number of anilines is 1. The fourth-order valence-corrected chi connectivity index (χ4v) is 3.34. The first kappa shape index (κ1) is 20.3. The van der Waals surface area contributed by atoms with Gasteiger partial charge < -0.3 is 9.64 Å².